The molecule has 2 aliphatic rings. The van der Waals surface area contributed by atoms with Gasteiger partial charge < -0.3 is 18.9 Å². The quantitative estimate of drug-likeness (QED) is 0.520. The highest BCUT2D eigenvalue weighted by molar-refractivity contribution is 6.04. The topological polar surface area (TPSA) is 54.0 Å². The van der Waals surface area contributed by atoms with Crippen LogP contribution in [0.25, 0.3) is 0 Å². The Morgan fingerprint density at radius 3 is 2.38 bits per heavy atom. The molecule has 0 amide bonds. The summed E-state index contributed by atoms with van der Waals surface area (Å²) in [4.78, 5) is 13.7. The number of carbonyl (C=O) groups excluding carboxylic acids is 1. The van der Waals surface area contributed by atoms with E-state index in [-0.39, 0.29) is 12.1 Å². The number of ether oxygens (including phenoxy) is 4. The molecule has 2 heterocycles. The molecule has 1 fully saturated rings. The zero-order chi connectivity index (χ0) is 21.9. The Labute approximate surface area is 187 Å². The molecule has 5 nitrogen and oxygen atoms in total. The number of carbonyl (C=O) groups is 1. The molecule has 0 spiro atoms. The monoisotopic (exact) mass is 430 g/mol. The van der Waals surface area contributed by atoms with Gasteiger partial charge in [-0.15, -0.1) is 0 Å². The van der Waals surface area contributed by atoms with Crippen LogP contribution in [-0.2, 0) is 4.74 Å². The molecular formula is C27H26O5. The number of rotatable bonds is 5. The SMILES string of the molecule is COc1ccc([C@@H]2Oc3cc(OC4CCCCO4)ccc3C(=O)[C@H]2c2ccccc2)cc1. The van der Waals surface area contributed by atoms with Crippen LogP contribution in [0, 0.1) is 0 Å². The summed E-state index contributed by atoms with van der Waals surface area (Å²) in [5.74, 6) is 1.55. The van der Waals surface area contributed by atoms with Crippen LogP contribution < -0.4 is 14.2 Å². The van der Waals surface area contributed by atoms with Gasteiger partial charge in [0.15, 0.2) is 12.1 Å². The van der Waals surface area contributed by atoms with Crippen LogP contribution in [0.2, 0.25) is 0 Å². The second-order valence-corrected chi connectivity index (χ2v) is 8.14. The predicted octanol–water partition coefficient (Wildman–Crippen LogP) is 5.70. The second kappa shape index (κ2) is 9.05. The summed E-state index contributed by atoms with van der Waals surface area (Å²) in [6.45, 7) is 0.711. The van der Waals surface area contributed by atoms with E-state index < -0.39 is 12.0 Å². The van der Waals surface area contributed by atoms with Crippen molar-refractivity contribution in [3.8, 4) is 17.2 Å². The number of fused-ring (bicyclic) bond motifs is 1. The molecule has 0 aromatic heterocycles. The fourth-order valence-electron chi connectivity index (χ4n) is 4.38. The number of benzene rings is 3. The fourth-order valence-corrected chi connectivity index (χ4v) is 4.38. The van der Waals surface area contributed by atoms with E-state index in [4.69, 9.17) is 18.9 Å². The summed E-state index contributed by atoms with van der Waals surface area (Å²) in [5, 5.41) is 0. The highest BCUT2D eigenvalue weighted by Crippen LogP contribution is 2.45. The third-order valence-electron chi connectivity index (χ3n) is 6.07. The Bertz CT molecular complexity index is 1070. The van der Waals surface area contributed by atoms with Crippen molar-refractivity contribution in [1.82, 2.24) is 0 Å². The van der Waals surface area contributed by atoms with Crippen molar-refractivity contribution in [3.05, 3.63) is 89.5 Å². The Morgan fingerprint density at radius 2 is 1.66 bits per heavy atom. The molecule has 3 aromatic carbocycles. The molecule has 1 unspecified atom stereocenters. The molecule has 5 heteroatoms. The summed E-state index contributed by atoms with van der Waals surface area (Å²) in [6.07, 6.45) is 2.30. The molecule has 0 aliphatic carbocycles. The third-order valence-corrected chi connectivity index (χ3v) is 6.07. The number of hydrogen-bond donors (Lipinski definition) is 0. The van der Waals surface area contributed by atoms with Gasteiger partial charge >= 0.3 is 0 Å². The second-order valence-electron chi connectivity index (χ2n) is 8.14. The van der Waals surface area contributed by atoms with E-state index in [1.165, 1.54) is 0 Å². The van der Waals surface area contributed by atoms with E-state index in [0.717, 1.165) is 36.1 Å². The maximum absolute atomic E-state index is 13.7. The summed E-state index contributed by atoms with van der Waals surface area (Å²) in [5.41, 5.74) is 2.42. The fraction of sp³-hybridized carbons (Fsp3) is 0.296. The Balaban J connectivity index is 1.50. The smallest absolute Gasteiger partial charge is 0.199 e. The van der Waals surface area contributed by atoms with E-state index in [1.54, 1.807) is 13.2 Å². The minimum Gasteiger partial charge on any atom is -0.497 e. The number of hydrogen-bond acceptors (Lipinski definition) is 5. The van der Waals surface area contributed by atoms with Crippen molar-refractivity contribution in [2.75, 3.05) is 13.7 Å². The van der Waals surface area contributed by atoms with Crippen LogP contribution in [0.4, 0.5) is 0 Å². The number of Topliss-reactive ketones (excluding diaryl/α,β-unsaturated/α-hetero) is 1. The molecule has 32 heavy (non-hydrogen) atoms. The number of methoxy groups -OCH3 is 1. The van der Waals surface area contributed by atoms with E-state index in [1.807, 2.05) is 66.7 Å². The average Bonchev–Trinajstić information content (AvgIpc) is 2.85. The molecule has 3 aromatic rings. The molecule has 5 rings (SSSR count). The van der Waals surface area contributed by atoms with Crippen molar-refractivity contribution in [3.63, 3.8) is 0 Å². The van der Waals surface area contributed by atoms with E-state index in [9.17, 15) is 4.79 Å². The minimum atomic E-state index is -0.454. The van der Waals surface area contributed by atoms with Gasteiger partial charge in [-0.05, 0) is 48.2 Å². The van der Waals surface area contributed by atoms with Crippen molar-refractivity contribution in [2.45, 2.75) is 37.6 Å². The Hall–Kier alpha value is -3.31. The highest BCUT2D eigenvalue weighted by Gasteiger charge is 2.39. The summed E-state index contributed by atoms with van der Waals surface area (Å²) >= 11 is 0. The van der Waals surface area contributed by atoms with Crippen molar-refractivity contribution >= 4 is 5.78 Å². The molecule has 164 valence electrons. The lowest BCUT2D eigenvalue weighted by Gasteiger charge is -2.33. The van der Waals surface area contributed by atoms with E-state index >= 15 is 0 Å². The molecule has 0 saturated carbocycles. The first-order chi connectivity index (χ1) is 15.7. The van der Waals surface area contributed by atoms with Crippen molar-refractivity contribution in [2.24, 2.45) is 0 Å². The minimum absolute atomic E-state index is 0.0405. The first kappa shape index (κ1) is 20.6. The van der Waals surface area contributed by atoms with Crippen molar-refractivity contribution < 1.29 is 23.7 Å². The summed E-state index contributed by atoms with van der Waals surface area (Å²) < 4.78 is 23.5. The van der Waals surface area contributed by atoms with Gasteiger partial charge in [0.1, 0.15) is 23.4 Å². The molecule has 0 N–H and O–H groups in total. The number of ketones is 1. The van der Waals surface area contributed by atoms with Crippen LogP contribution in [0.1, 0.15) is 52.8 Å². The molecule has 1 saturated heterocycles. The average molecular weight is 431 g/mol. The van der Waals surface area contributed by atoms with Gasteiger partial charge in [0.05, 0.1) is 25.2 Å². The van der Waals surface area contributed by atoms with Gasteiger partial charge in [-0.3, -0.25) is 4.79 Å². The standard InChI is InChI=1S/C27H26O5/c1-29-20-12-10-19(11-13-20)27-25(18-7-3-2-4-8-18)26(28)22-15-14-21(17-23(22)32-27)31-24-9-5-6-16-30-24/h2-4,7-8,10-15,17,24-25,27H,5-6,9,16H2,1H3/t24?,25-,27+/m1/s1. The predicted molar refractivity (Wildman–Crippen MR) is 121 cm³/mol. The molecule has 0 bridgehead atoms. The van der Waals surface area contributed by atoms with E-state index in [0.29, 0.717) is 23.7 Å². The van der Waals surface area contributed by atoms with Gasteiger partial charge in [-0.2, -0.15) is 0 Å². The first-order valence-electron chi connectivity index (χ1n) is 11.0. The molecule has 0 radical (unpaired) electrons. The van der Waals surface area contributed by atoms with Crippen LogP contribution in [0.15, 0.2) is 72.8 Å². The maximum atomic E-state index is 13.7. The molecular weight excluding hydrogens is 404 g/mol. The van der Waals surface area contributed by atoms with Crippen LogP contribution >= 0.6 is 0 Å². The van der Waals surface area contributed by atoms with Gasteiger partial charge in [0.25, 0.3) is 0 Å². The van der Waals surface area contributed by atoms with Crippen molar-refractivity contribution in [1.29, 1.82) is 0 Å². The van der Waals surface area contributed by atoms with E-state index in [2.05, 4.69) is 0 Å². The van der Waals surface area contributed by atoms with Gasteiger partial charge in [0, 0.05) is 12.5 Å². The van der Waals surface area contributed by atoms with Gasteiger partial charge in [0.2, 0.25) is 0 Å². The van der Waals surface area contributed by atoms with Crippen LogP contribution in [-0.4, -0.2) is 25.8 Å². The molecule has 3 atom stereocenters. The largest absolute Gasteiger partial charge is 0.497 e. The zero-order valence-electron chi connectivity index (χ0n) is 18.0. The lowest BCUT2D eigenvalue weighted by molar-refractivity contribution is -0.106. The maximum Gasteiger partial charge on any atom is 0.199 e. The zero-order valence-corrected chi connectivity index (χ0v) is 18.0. The normalized spacial score (nSPS) is 22.5. The highest BCUT2D eigenvalue weighted by atomic mass is 16.7. The van der Waals surface area contributed by atoms with Gasteiger partial charge in [-0.1, -0.05) is 42.5 Å². The Kier molecular flexibility index (Phi) is 5.82. The molecule has 2 aliphatic heterocycles. The van der Waals surface area contributed by atoms with Crippen LogP contribution in [0.3, 0.4) is 0 Å². The van der Waals surface area contributed by atoms with Crippen LogP contribution in [0.5, 0.6) is 17.2 Å². The lowest BCUT2D eigenvalue weighted by atomic mass is 9.81. The Morgan fingerprint density at radius 1 is 0.875 bits per heavy atom. The third kappa shape index (κ3) is 4.08. The summed E-state index contributed by atoms with van der Waals surface area (Å²) in [7, 11) is 1.64. The lowest BCUT2D eigenvalue weighted by Crippen LogP contribution is -2.30. The van der Waals surface area contributed by atoms with Gasteiger partial charge in [-0.25, -0.2) is 0 Å². The first-order valence-corrected chi connectivity index (χ1v) is 11.0. The summed E-state index contributed by atoms with van der Waals surface area (Å²) in [6, 6.07) is 22.9.